The van der Waals surface area contributed by atoms with Crippen LogP contribution in [0.15, 0.2) is 16.6 Å². The number of benzene rings is 1. The zero-order chi connectivity index (χ0) is 32.6. The van der Waals surface area contributed by atoms with Crippen molar-refractivity contribution in [3.63, 3.8) is 0 Å². The van der Waals surface area contributed by atoms with E-state index in [4.69, 9.17) is 23.9 Å². The topological polar surface area (TPSA) is 107 Å². The fourth-order valence-corrected chi connectivity index (χ4v) is 7.25. The van der Waals surface area contributed by atoms with E-state index >= 15 is 4.39 Å². The highest BCUT2D eigenvalue weighted by atomic mass is 79.9. The first-order valence-corrected chi connectivity index (χ1v) is 17.3. The number of hydrogen-bond donors (Lipinski definition) is 0. The third kappa shape index (κ3) is 7.52. The third-order valence-electron chi connectivity index (χ3n) is 9.41. The van der Waals surface area contributed by atoms with E-state index in [1.807, 2.05) is 31.7 Å². The van der Waals surface area contributed by atoms with Gasteiger partial charge in [-0.25, -0.2) is 14.0 Å². The maximum Gasteiger partial charge on any atom is 0.410 e. The lowest BCUT2D eigenvalue weighted by Gasteiger charge is -2.42. The van der Waals surface area contributed by atoms with Gasteiger partial charge in [-0.2, -0.15) is 9.97 Å². The SMILES string of the molecule is CCOC(=O)COC1CCN(CC2(COc3nc(N4CC5CCC(C4)N5C(=O)OC(C)(C)C)c4ccc(Br)c(F)c4n3)CC2)CC1. The molecule has 11 nitrogen and oxygen atoms in total. The molecule has 252 valence electrons. The molecule has 3 saturated heterocycles. The van der Waals surface area contributed by atoms with Crippen LogP contribution < -0.4 is 9.64 Å². The Morgan fingerprint density at radius 3 is 2.39 bits per heavy atom. The number of piperazine rings is 1. The minimum Gasteiger partial charge on any atom is -0.464 e. The summed E-state index contributed by atoms with van der Waals surface area (Å²) in [4.78, 5) is 40.6. The average Bonchev–Trinajstić information content (AvgIpc) is 3.72. The Kier molecular flexibility index (Phi) is 9.65. The van der Waals surface area contributed by atoms with Crippen LogP contribution in [0.5, 0.6) is 6.01 Å². The van der Waals surface area contributed by atoms with Crippen LogP contribution in [0.3, 0.4) is 0 Å². The molecule has 0 radical (unpaired) electrons. The number of likely N-dealkylation sites (tertiary alicyclic amines) is 1. The second-order valence-electron chi connectivity index (χ2n) is 14.1. The number of halogens is 2. The summed E-state index contributed by atoms with van der Waals surface area (Å²) < 4.78 is 38.5. The molecular formula is C33H45BrFN5O6. The monoisotopic (exact) mass is 705 g/mol. The Balaban J connectivity index is 1.12. The second kappa shape index (κ2) is 13.4. The van der Waals surface area contributed by atoms with Crippen LogP contribution in [0.1, 0.15) is 66.2 Å². The molecule has 1 aliphatic carbocycles. The minimum absolute atomic E-state index is 0.00192. The van der Waals surface area contributed by atoms with E-state index < -0.39 is 11.4 Å². The first kappa shape index (κ1) is 33.1. The minimum atomic E-state index is -0.567. The van der Waals surface area contributed by atoms with Gasteiger partial charge < -0.3 is 28.7 Å². The van der Waals surface area contributed by atoms with Crippen LogP contribution >= 0.6 is 15.9 Å². The number of carbonyl (C=O) groups is 2. The van der Waals surface area contributed by atoms with Gasteiger partial charge in [0.1, 0.15) is 23.5 Å². The number of carbonyl (C=O) groups excluding carboxylic acids is 2. The Labute approximate surface area is 278 Å². The van der Waals surface area contributed by atoms with E-state index in [-0.39, 0.29) is 53.8 Å². The van der Waals surface area contributed by atoms with Crippen molar-refractivity contribution in [3.8, 4) is 6.01 Å². The number of fused-ring (bicyclic) bond motifs is 3. The zero-order valence-corrected chi connectivity index (χ0v) is 28.8. The first-order valence-electron chi connectivity index (χ1n) is 16.5. The molecule has 4 heterocycles. The molecule has 6 rings (SSSR count). The normalized spacial score (nSPS) is 23.1. The van der Waals surface area contributed by atoms with E-state index in [0.29, 0.717) is 42.0 Å². The van der Waals surface area contributed by atoms with Gasteiger partial charge in [0.2, 0.25) is 0 Å². The summed E-state index contributed by atoms with van der Waals surface area (Å²) in [6, 6.07) is 3.65. The van der Waals surface area contributed by atoms with E-state index in [0.717, 1.165) is 58.2 Å². The Morgan fingerprint density at radius 1 is 1.07 bits per heavy atom. The number of nitrogens with zero attached hydrogens (tertiary/aromatic N) is 5. The zero-order valence-electron chi connectivity index (χ0n) is 27.2. The van der Waals surface area contributed by atoms with Gasteiger partial charge in [-0.05, 0) is 94.3 Å². The maximum atomic E-state index is 15.5. The fourth-order valence-electron chi connectivity index (χ4n) is 6.93. The van der Waals surface area contributed by atoms with E-state index in [9.17, 15) is 9.59 Å². The highest BCUT2D eigenvalue weighted by Gasteiger charge is 2.47. The van der Waals surface area contributed by atoms with Gasteiger partial charge in [0.15, 0.2) is 5.82 Å². The molecular weight excluding hydrogens is 661 g/mol. The summed E-state index contributed by atoms with van der Waals surface area (Å²) >= 11 is 3.32. The number of anilines is 1. The van der Waals surface area contributed by atoms with E-state index in [1.165, 1.54) is 0 Å². The third-order valence-corrected chi connectivity index (χ3v) is 10.0. The van der Waals surface area contributed by atoms with Crippen LogP contribution in [-0.4, -0.2) is 108 Å². The number of piperidine rings is 1. The molecule has 0 spiro atoms. The van der Waals surface area contributed by atoms with Crippen molar-refractivity contribution in [3.05, 3.63) is 22.4 Å². The van der Waals surface area contributed by atoms with E-state index in [2.05, 4.69) is 30.7 Å². The van der Waals surface area contributed by atoms with Crippen molar-refractivity contribution in [2.24, 2.45) is 5.41 Å². The average molecular weight is 707 g/mol. The number of aromatic nitrogens is 2. The summed E-state index contributed by atoms with van der Waals surface area (Å²) in [5, 5.41) is 0.618. The summed E-state index contributed by atoms with van der Waals surface area (Å²) in [5.41, 5.74) is -0.348. The Hall–Kier alpha value is -2.77. The number of rotatable bonds is 10. The summed E-state index contributed by atoms with van der Waals surface area (Å²) in [6.45, 7) is 12.1. The highest BCUT2D eigenvalue weighted by molar-refractivity contribution is 9.10. The molecule has 3 aliphatic heterocycles. The molecule has 2 bridgehead atoms. The summed E-state index contributed by atoms with van der Waals surface area (Å²) in [6.07, 6.45) is 5.36. The van der Waals surface area contributed by atoms with Gasteiger partial charge >= 0.3 is 18.1 Å². The van der Waals surface area contributed by atoms with Gasteiger partial charge in [-0.15, -0.1) is 0 Å². The first-order chi connectivity index (χ1) is 21.9. The number of amides is 1. The van der Waals surface area contributed by atoms with Crippen LogP contribution in [-0.2, 0) is 19.0 Å². The maximum absolute atomic E-state index is 15.5. The molecule has 2 aromatic rings. The van der Waals surface area contributed by atoms with Gasteiger partial charge in [0.05, 0.1) is 35.9 Å². The Morgan fingerprint density at radius 2 is 1.76 bits per heavy atom. The standard InChI is InChI=1S/C33H45BrFN5O6/c1-5-43-26(41)18-44-23-10-14-38(15-11-23)19-33(12-13-33)20-45-30-36-28-24(8-9-25(34)27(28)35)29(37-30)39-16-21-6-7-22(17-39)40(21)31(42)46-32(2,3)4/h8-9,21-23H,5-7,10-20H2,1-4H3. The van der Waals surface area contributed by atoms with E-state index in [1.54, 1.807) is 13.0 Å². The highest BCUT2D eigenvalue weighted by Crippen LogP contribution is 2.47. The van der Waals surface area contributed by atoms with Crippen molar-refractivity contribution in [2.45, 2.75) is 90.0 Å². The fraction of sp³-hybridized carbons (Fsp3) is 0.697. The lowest BCUT2D eigenvalue weighted by molar-refractivity contribution is -0.151. The van der Waals surface area contributed by atoms with Crippen LogP contribution in [0, 0.1) is 11.2 Å². The lowest BCUT2D eigenvalue weighted by Crippen LogP contribution is -2.57. The van der Waals surface area contributed by atoms with Crippen molar-refractivity contribution in [1.29, 1.82) is 0 Å². The number of ether oxygens (including phenoxy) is 4. The molecule has 4 fully saturated rings. The van der Waals surface area contributed by atoms with Crippen molar-refractivity contribution in [2.75, 3.05) is 57.4 Å². The quantitative estimate of drug-likeness (QED) is 0.302. The van der Waals surface area contributed by atoms with Crippen LogP contribution in [0.2, 0.25) is 0 Å². The molecule has 46 heavy (non-hydrogen) atoms. The Bertz CT molecular complexity index is 1430. The van der Waals surface area contributed by atoms with Crippen molar-refractivity contribution in [1.82, 2.24) is 19.8 Å². The summed E-state index contributed by atoms with van der Waals surface area (Å²) in [5.74, 6) is -0.141. The molecule has 1 amide bonds. The molecule has 2 atom stereocenters. The smallest absolute Gasteiger partial charge is 0.410 e. The van der Waals surface area contributed by atoms with Crippen LogP contribution in [0.4, 0.5) is 15.0 Å². The predicted octanol–water partition coefficient (Wildman–Crippen LogP) is 5.32. The largest absolute Gasteiger partial charge is 0.464 e. The van der Waals surface area contributed by atoms with Crippen LogP contribution in [0.25, 0.3) is 10.9 Å². The molecule has 1 saturated carbocycles. The van der Waals surface area contributed by atoms with Crippen molar-refractivity contribution < 1.29 is 32.9 Å². The molecule has 4 aliphatic rings. The van der Waals surface area contributed by atoms with Crippen molar-refractivity contribution >= 4 is 44.7 Å². The van der Waals surface area contributed by atoms with Gasteiger partial charge in [-0.3, -0.25) is 4.90 Å². The molecule has 1 aromatic heterocycles. The summed E-state index contributed by atoms with van der Waals surface area (Å²) in [7, 11) is 0. The number of hydrogen-bond acceptors (Lipinski definition) is 10. The second-order valence-corrected chi connectivity index (χ2v) is 15.0. The lowest BCUT2D eigenvalue weighted by atomic mass is 10.0. The molecule has 0 N–H and O–H groups in total. The molecule has 2 unspecified atom stereocenters. The van der Waals surface area contributed by atoms with Gasteiger partial charge in [0.25, 0.3) is 0 Å². The predicted molar refractivity (Wildman–Crippen MR) is 174 cm³/mol. The molecule has 1 aromatic carbocycles. The number of esters is 1. The molecule has 13 heteroatoms. The van der Waals surface area contributed by atoms with Gasteiger partial charge in [-0.1, -0.05) is 0 Å². The van der Waals surface area contributed by atoms with Gasteiger partial charge in [0, 0.05) is 43.5 Å².